The molecule has 2 N–H and O–H groups in total. The van der Waals surface area contributed by atoms with E-state index in [0.29, 0.717) is 6.04 Å². The Labute approximate surface area is 138 Å². The maximum atomic E-state index is 3.13. The number of nitrogens with zero attached hydrogens (tertiary/aromatic N) is 1. The van der Waals surface area contributed by atoms with Gasteiger partial charge in [0, 0.05) is 18.4 Å². The predicted molar refractivity (Wildman–Crippen MR) is 97.0 cm³/mol. The number of unbranched alkanes of at least 4 members (excludes halogenated alkanes) is 12. The molecular weight excluding hydrogens is 270 g/mol. The molecule has 0 aromatic heterocycles. The SMILES string of the molecule is CCCCCCCCCCCCCCCC(C)N1C=CNN1. The molecule has 0 spiro atoms. The molecule has 0 aromatic rings. The molecule has 0 bridgehead atoms. The van der Waals surface area contributed by atoms with Gasteiger partial charge in [-0.25, -0.2) is 0 Å². The molecule has 0 fully saturated rings. The van der Waals surface area contributed by atoms with Crippen molar-refractivity contribution in [3.63, 3.8) is 0 Å². The van der Waals surface area contributed by atoms with Crippen molar-refractivity contribution in [1.82, 2.24) is 16.0 Å². The van der Waals surface area contributed by atoms with E-state index in [4.69, 9.17) is 0 Å². The lowest BCUT2D eigenvalue weighted by Gasteiger charge is -2.23. The molecule has 1 aliphatic heterocycles. The maximum Gasteiger partial charge on any atom is 0.0438 e. The van der Waals surface area contributed by atoms with Crippen LogP contribution in [0.25, 0.3) is 0 Å². The summed E-state index contributed by atoms with van der Waals surface area (Å²) in [6, 6.07) is 0.582. The second-order valence-corrected chi connectivity index (χ2v) is 6.86. The minimum atomic E-state index is 0.582. The standard InChI is InChI=1S/C19H39N3/c1-3-4-5-6-7-8-9-10-11-12-13-14-15-16-19(2)22-18-17-20-21-22/h17-21H,3-16H2,1-2H3. The van der Waals surface area contributed by atoms with Crippen molar-refractivity contribution < 1.29 is 0 Å². The van der Waals surface area contributed by atoms with Gasteiger partial charge in [-0.3, -0.25) is 5.01 Å². The van der Waals surface area contributed by atoms with Crippen LogP contribution in [-0.2, 0) is 0 Å². The van der Waals surface area contributed by atoms with Crippen molar-refractivity contribution >= 4 is 0 Å². The van der Waals surface area contributed by atoms with Gasteiger partial charge in [0.25, 0.3) is 0 Å². The first-order chi connectivity index (χ1) is 10.8. The van der Waals surface area contributed by atoms with Gasteiger partial charge in [-0.2, -0.15) is 0 Å². The lowest BCUT2D eigenvalue weighted by molar-refractivity contribution is 0.196. The first kappa shape index (κ1) is 19.3. The molecule has 1 unspecified atom stereocenters. The van der Waals surface area contributed by atoms with Gasteiger partial charge in [0.05, 0.1) is 0 Å². The summed E-state index contributed by atoms with van der Waals surface area (Å²) in [5.41, 5.74) is 6.12. The van der Waals surface area contributed by atoms with Crippen LogP contribution in [0.3, 0.4) is 0 Å². The van der Waals surface area contributed by atoms with Gasteiger partial charge in [-0.1, -0.05) is 90.4 Å². The van der Waals surface area contributed by atoms with Crippen LogP contribution in [-0.4, -0.2) is 11.1 Å². The van der Waals surface area contributed by atoms with Crippen LogP contribution in [0.5, 0.6) is 0 Å². The number of hydrazine groups is 2. The summed E-state index contributed by atoms with van der Waals surface area (Å²) in [4.78, 5) is 0. The molecule has 1 rings (SSSR count). The van der Waals surface area contributed by atoms with Crippen molar-refractivity contribution in [1.29, 1.82) is 0 Å². The van der Waals surface area contributed by atoms with Crippen molar-refractivity contribution in [3.8, 4) is 0 Å². The monoisotopic (exact) mass is 309 g/mol. The topological polar surface area (TPSA) is 27.3 Å². The Morgan fingerprint density at radius 1 is 0.773 bits per heavy atom. The van der Waals surface area contributed by atoms with Crippen molar-refractivity contribution in [2.75, 3.05) is 0 Å². The minimum absolute atomic E-state index is 0.582. The van der Waals surface area contributed by atoms with E-state index in [-0.39, 0.29) is 0 Å². The molecule has 22 heavy (non-hydrogen) atoms. The second-order valence-electron chi connectivity index (χ2n) is 6.86. The fourth-order valence-electron chi connectivity index (χ4n) is 3.12. The Bertz CT molecular complexity index is 265. The summed E-state index contributed by atoms with van der Waals surface area (Å²) in [6.45, 7) is 4.57. The van der Waals surface area contributed by atoms with Crippen LogP contribution >= 0.6 is 0 Å². The predicted octanol–water partition coefficient (Wildman–Crippen LogP) is 5.65. The number of rotatable bonds is 15. The van der Waals surface area contributed by atoms with Crippen LogP contribution < -0.4 is 11.0 Å². The lowest BCUT2D eigenvalue weighted by Crippen LogP contribution is -2.41. The van der Waals surface area contributed by atoms with E-state index in [2.05, 4.69) is 36.0 Å². The van der Waals surface area contributed by atoms with Gasteiger partial charge in [-0.15, -0.1) is 5.53 Å². The highest BCUT2D eigenvalue weighted by atomic mass is 15.7. The molecule has 0 aromatic carbocycles. The van der Waals surface area contributed by atoms with E-state index in [0.717, 1.165) is 0 Å². The van der Waals surface area contributed by atoms with E-state index < -0.39 is 0 Å². The Kier molecular flexibility index (Phi) is 12.2. The molecule has 1 atom stereocenters. The lowest BCUT2D eigenvalue weighted by atomic mass is 10.0. The van der Waals surface area contributed by atoms with Gasteiger partial charge >= 0.3 is 0 Å². The minimum Gasteiger partial charge on any atom is -0.310 e. The Morgan fingerprint density at radius 2 is 1.27 bits per heavy atom. The molecule has 1 aliphatic rings. The van der Waals surface area contributed by atoms with E-state index in [1.54, 1.807) is 0 Å². The van der Waals surface area contributed by atoms with Gasteiger partial charge in [-0.05, 0) is 13.3 Å². The van der Waals surface area contributed by atoms with Crippen LogP contribution in [0.15, 0.2) is 12.4 Å². The normalized spacial score (nSPS) is 15.3. The van der Waals surface area contributed by atoms with E-state index in [9.17, 15) is 0 Å². The summed E-state index contributed by atoms with van der Waals surface area (Å²) in [7, 11) is 0. The third-order valence-corrected chi connectivity index (χ3v) is 4.71. The molecule has 0 radical (unpaired) electrons. The highest BCUT2D eigenvalue weighted by Gasteiger charge is 2.11. The fourth-order valence-corrected chi connectivity index (χ4v) is 3.12. The van der Waals surface area contributed by atoms with E-state index >= 15 is 0 Å². The molecule has 3 heteroatoms. The molecule has 0 saturated carbocycles. The average molecular weight is 310 g/mol. The van der Waals surface area contributed by atoms with Gasteiger partial charge in [0.15, 0.2) is 0 Å². The fraction of sp³-hybridized carbons (Fsp3) is 0.895. The number of hydrogen-bond donors (Lipinski definition) is 2. The van der Waals surface area contributed by atoms with Crippen molar-refractivity contribution in [2.24, 2.45) is 0 Å². The quantitative estimate of drug-likeness (QED) is 0.383. The third-order valence-electron chi connectivity index (χ3n) is 4.71. The zero-order valence-corrected chi connectivity index (χ0v) is 15.1. The number of nitrogens with one attached hydrogen (secondary N) is 2. The molecule has 0 aliphatic carbocycles. The van der Waals surface area contributed by atoms with Crippen molar-refractivity contribution in [2.45, 2.75) is 110 Å². The van der Waals surface area contributed by atoms with Crippen LogP contribution in [0.4, 0.5) is 0 Å². The van der Waals surface area contributed by atoms with Crippen LogP contribution in [0.1, 0.15) is 104 Å². The zero-order valence-electron chi connectivity index (χ0n) is 15.1. The van der Waals surface area contributed by atoms with Gasteiger partial charge < -0.3 is 5.43 Å². The van der Waals surface area contributed by atoms with E-state index in [1.807, 2.05) is 6.20 Å². The smallest absolute Gasteiger partial charge is 0.0438 e. The summed E-state index contributed by atoms with van der Waals surface area (Å²) in [5, 5.41) is 2.15. The highest BCUT2D eigenvalue weighted by molar-refractivity contribution is 4.85. The summed E-state index contributed by atoms with van der Waals surface area (Å²) < 4.78 is 0. The van der Waals surface area contributed by atoms with Gasteiger partial charge in [0.2, 0.25) is 0 Å². The first-order valence-corrected chi connectivity index (χ1v) is 9.80. The molecule has 1 heterocycles. The second kappa shape index (κ2) is 13.9. The Hall–Kier alpha value is -0.700. The summed E-state index contributed by atoms with van der Waals surface area (Å²) >= 11 is 0. The molecule has 0 saturated heterocycles. The molecular formula is C19H39N3. The maximum absolute atomic E-state index is 3.13. The zero-order chi connectivity index (χ0) is 15.9. The van der Waals surface area contributed by atoms with E-state index in [1.165, 1.54) is 89.9 Å². The largest absolute Gasteiger partial charge is 0.310 e. The average Bonchev–Trinajstić information content (AvgIpc) is 3.06. The highest BCUT2D eigenvalue weighted by Crippen LogP contribution is 2.14. The van der Waals surface area contributed by atoms with Crippen molar-refractivity contribution in [3.05, 3.63) is 12.4 Å². The Balaban J connectivity index is 1.73. The molecule has 0 amide bonds. The summed E-state index contributed by atoms with van der Waals surface area (Å²) in [5.74, 6) is 0. The number of hydrogen-bond acceptors (Lipinski definition) is 3. The van der Waals surface area contributed by atoms with Crippen LogP contribution in [0.2, 0.25) is 0 Å². The third kappa shape index (κ3) is 10.1. The first-order valence-electron chi connectivity index (χ1n) is 9.80. The summed E-state index contributed by atoms with van der Waals surface area (Å²) in [6.07, 6.45) is 23.9. The van der Waals surface area contributed by atoms with Crippen LogP contribution in [0, 0.1) is 0 Å². The molecule has 3 nitrogen and oxygen atoms in total. The molecule has 130 valence electrons. The van der Waals surface area contributed by atoms with Gasteiger partial charge in [0.1, 0.15) is 0 Å². The Morgan fingerprint density at radius 3 is 1.73 bits per heavy atom.